The van der Waals surface area contributed by atoms with Crippen molar-refractivity contribution in [2.75, 3.05) is 0 Å². The molecule has 3 aromatic rings. The lowest BCUT2D eigenvalue weighted by atomic mass is 9.86. The first-order valence-corrected chi connectivity index (χ1v) is 10.3. The Morgan fingerprint density at radius 3 is 2.70 bits per heavy atom. The maximum Gasteiger partial charge on any atom is 0.275 e. The van der Waals surface area contributed by atoms with E-state index in [2.05, 4.69) is 17.3 Å². The maximum atomic E-state index is 12.9. The van der Waals surface area contributed by atoms with Crippen molar-refractivity contribution in [1.82, 2.24) is 15.1 Å². The molecule has 5 nitrogen and oxygen atoms in total. The van der Waals surface area contributed by atoms with Gasteiger partial charge in [-0.05, 0) is 36.3 Å². The number of nitrogens with zero attached hydrogens (tertiary/aromatic N) is 2. The fourth-order valence-electron chi connectivity index (χ4n) is 3.86. The molecule has 4 rings (SSSR count). The van der Waals surface area contributed by atoms with Crippen LogP contribution in [-0.2, 0) is 11.3 Å². The molecule has 1 aromatic carbocycles. The van der Waals surface area contributed by atoms with Gasteiger partial charge in [0.1, 0.15) is 12.2 Å². The highest BCUT2D eigenvalue weighted by atomic mass is 32.1. The molecule has 1 saturated carbocycles. The Morgan fingerprint density at radius 2 is 1.96 bits per heavy atom. The first-order valence-electron chi connectivity index (χ1n) is 9.46. The van der Waals surface area contributed by atoms with Gasteiger partial charge in [-0.1, -0.05) is 44.0 Å². The third-order valence-electron chi connectivity index (χ3n) is 5.37. The topological polar surface area (TPSA) is 64.0 Å². The van der Waals surface area contributed by atoms with E-state index >= 15 is 0 Å². The number of carbonyl (C=O) groups excluding carboxylic acids is 1. The van der Waals surface area contributed by atoms with Gasteiger partial charge in [-0.2, -0.15) is 5.10 Å². The highest BCUT2D eigenvalue weighted by Crippen LogP contribution is 2.28. The molecule has 1 fully saturated rings. The summed E-state index contributed by atoms with van der Waals surface area (Å²) in [6.45, 7) is 2.13. The number of aromatic nitrogens is 2. The fourth-order valence-corrected chi connectivity index (χ4v) is 4.58. The number of amides is 1. The molecule has 27 heavy (non-hydrogen) atoms. The standard InChI is InChI=1S/C21H23N3O2S/c1-14-7-2-5-10-17(14)22-19(25)13-24-21(26)16-9-4-3-8-15(16)20(23-24)18-11-6-12-27-18/h3-4,6,8-9,11-12,14,17H,2,5,7,10,13H2,1H3,(H,22,25). The van der Waals surface area contributed by atoms with Gasteiger partial charge in [0, 0.05) is 11.4 Å². The Balaban J connectivity index is 1.66. The van der Waals surface area contributed by atoms with Crippen LogP contribution in [0.1, 0.15) is 32.6 Å². The van der Waals surface area contributed by atoms with E-state index < -0.39 is 0 Å². The van der Waals surface area contributed by atoms with Gasteiger partial charge in [-0.15, -0.1) is 11.3 Å². The monoisotopic (exact) mass is 381 g/mol. The summed E-state index contributed by atoms with van der Waals surface area (Å²) in [4.78, 5) is 26.5. The predicted octanol–water partition coefficient (Wildman–Crippen LogP) is 3.82. The molecule has 1 N–H and O–H groups in total. The normalized spacial score (nSPS) is 19.9. The largest absolute Gasteiger partial charge is 0.351 e. The summed E-state index contributed by atoms with van der Waals surface area (Å²) in [6, 6.07) is 11.6. The minimum absolute atomic E-state index is 0.0503. The zero-order valence-corrected chi connectivity index (χ0v) is 16.2. The summed E-state index contributed by atoms with van der Waals surface area (Å²) in [6.07, 6.45) is 4.52. The zero-order chi connectivity index (χ0) is 18.8. The van der Waals surface area contributed by atoms with E-state index in [1.165, 1.54) is 11.1 Å². The molecule has 0 spiro atoms. The Kier molecular flexibility index (Phi) is 5.07. The number of hydrogen-bond donors (Lipinski definition) is 1. The summed E-state index contributed by atoms with van der Waals surface area (Å²) in [5, 5.41) is 11.1. The van der Waals surface area contributed by atoms with Crippen molar-refractivity contribution in [1.29, 1.82) is 0 Å². The van der Waals surface area contributed by atoms with E-state index in [4.69, 9.17) is 0 Å². The fraction of sp³-hybridized carbons (Fsp3) is 0.381. The van der Waals surface area contributed by atoms with Crippen LogP contribution < -0.4 is 10.9 Å². The van der Waals surface area contributed by atoms with Gasteiger partial charge in [0.15, 0.2) is 0 Å². The summed E-state index contributed by atoms with van der Waals surface area (Å²) < 4.78 is 1.31. The number of thiophene rings is 1. The van der Waals surface area contributed by atoms with Crippen LogP contribution in [0.4, 0.5) is 0 Å². The Morgan fingerprint density at radius 1 is 1.19 bits per heavy atom. The molecule has 1 amide bonds. The van der Waals surface area contributed by atoms with Crippen molar-refractivity contribution in [3.63, 3.8) is 0 Å². The summed E-state index contributed by atoms with van der Waals surface area (Å²) in [5.41, 5.74) is 0.525. The zero-order valence-electron chi connectivity index (χ0n) is 15.4. The van der Waals surface area contributed by atoms with Crippen molar-refractivity contribution in [2.45, 2.75) is 45.2 Å². The molecule has 0 radical (unpaired) electrons. The van der Waals surface area contributed by atoms with Crippen LogP contribution in [0.15, 0.2) is 46.6 Å². The molecule has 2 atom stereocenters. The first-order chi connectivity index (χ1) is 13.1. The third-order valence-corrected chi connectivity index (χ3v) is 6.25. The van der Waals surface area contributed by atoms with Crippen molar-refractivity contribution >= 4 is 28.0 Å². The Labute approximate surface area is 162 Å². The smallest absolute Gasteiger partial charge is 0.275 e. The molecular formula is C21H23N3O2S. The second-order valence-corrected chi connectivity index (χ2v) is 8.22. The predicted molar refractivity (Wildman–Crippen MR) is 109 cm³/mol. The van der Waals surface area contributed by atoms with Crippen LogP contribution in [0.5, 0.6) is 0 Å². The average Bonchev–Trinajstić information content (AvgIpc) is 3.20. The van der Waals surface area contributed by atoms with E-state index in [-0.39, 0.29) is 24.1 Å². The lowest BCUT2D eigenvalue weighted by molar-refractivity contribution is -0.123. The Hall–Kier alpha value is -2.47. The van der Waals surface area contributed by atoms with Crippen molar-refractivity contribution in [2.24, 2.45) is 5.92 Å². The maximum absolute atomic E-state index is 12.9. The second-order valence-electron chi connectivity index (χ2n) is 7.27. The van der Waals surface area contributed by atoms with E-state index in [0.29, 0.717) is 11.3 Å². The molecule has 0 saturated heterocycles. The number of nitrogens with one attached hydrogen (secondary N) is 1. The molecule has 0 bridgehead atoms. The minimum Gasteiger partial charge on any atom is -0.351 e. The number of rotatable bonds is 4. The summed E-state index contributed by atoms with van der Waals surface area (Å²) in [7, 11) is 0. The van der Waals surface area contributed by atoms with Crippen LogP contribution in [0.2, 0.25) is 0 Å². The molecule has 2 heterocycles. The number of hydrogen-bond acceptors (Lipinski definition) is 4. The molecule has 2 unspecified atom stereocenters. The number of benzene rings is 1. The van der Waals surface area contributed by atoms with Crippen molar-refractivity contribution in [3.05, 3.63) is 52.1 Å². The van der Waals surface area contributed by atoms with Gasteiger partial charge in [-0.25, -0.2) is 4.68 Å². The molecule has 2 aromatic heterocycles. The highest BCUT2D eigenvalue weighted by Gasteiger charge is 2.23. The van der Waals surface area contributed by atoms with Gasteiger partial charge in [0.05, 0.1) is 10.3 Å². The van der Waals surface area contributed by atoms with Gasteiger partial charge >= 0.3 is 0 Å². The second kappa shape index (κ2) is 7.64. The molecule has 140 valence electrons. The van der Waals surface area contributed by atoms with Crippen LogP contribution in [0.3, 0.4) is 0 Å². The lowest BCUT2D eigenvalue weighted by Gasteiger charge is -2.29. The number of fused-ring (bicyclic) bond motifs is 1. The van der Waals surface area contributed by atoms with Gasteiger partial charge in [0.2, 0.25) is 5.91 Å². The molecular weight excluding hydrogens is 358 g/mol. The van der Waals surface area contributed by atoms with Crippen LogP contribution in [-0.4, -0.2) is 21.7 Å². The van der Waals surface area contributed by atoms with Crippen LogP contribution >= 0.6 is 11.3 Å². The molecule has 1 aliphatic rings. The first kappa shape index (κ1) is 17.9. The SMILES string of the molecule is CC1CCCCC1NC(=O)Cn1nc(-c2cccs2)c2ccccc2c1=O. The quantitative estimate of drug-likeness (QED) is 0.747. The van der Waals surface area contributed by atoms with E-state index in [1.807, 2.05) is 35.7 Å². The van der Waals surface area contributed by atoms with Gasteiger partial charge in [-0.3, -0.25) is 9.59 Å². The van der Waals surface area contributed by atoms with E-state index in [1.54, 1.807) is 17.4 Å². The third kappa shape index (κ3) is 3.67. The van der Waals surface area contributed by atoms with E-state index in [9.17, 15) is 9.59 Å². The summed E-state index contributed by atoms with van der Waals surface area (Å²) >= 11 is 1.57. The van der Waals surface area contributed by atoms with Gasteiger partial charge < -0.3 is 5.32 Å². The number of carbonyl (C=O) groups is 1. The van der Waals surface area contributed by atoms with E-state index in [0.717, 1.165) is 35.2 Å². The summed E-state index contributed by atoms with van der Waals surface area (Å²) in [5.74, 6) is 0.335. The van der Waals surface area contributed by atoms with Crippen LogP contribution in [0, 0.1) is 5.92 Å². The molecule has 1 aliphatic carbocycles. The Bertz CT molecular complexity index is 1010. The van der Waals surface area contributed by atoms with Crippen molar-refractivity contribution in [3.8, 4) is 10.6 Å². The minimum atomic E-state index is -0.224. The molecule has 0 aliphatic heterocycles. The molecule has 6 heteroatoms. The lowest BCUT2D eigenvalue weighted by Crippen LogP contribution is -2.43. The average molecular weight is 382 g/mol. The van der Waals surface area contributed by atoms with Crippen molar-refractivity contribution < 1.29 is 4.79 Å². The highest BCUT2D eigenvalue weighted by molar-refractivity contribution is 7.13. The van der Waals surface area contributed by atoms with Gasteiger partial charge in [0.25, 0.3) is 5.56 Å². The van der Waals surface area contributed by atoms with Crippen LogP contribution in [0.25, 0.3) is 21.3 Å².